The number of carbonyl (C=O) groups excluding carboxylic acids is 1. The smallest absolute Gasteiger partial charge is 0.341 e. The van der Waals surface area contributed by atoms with E-state index in [0.29, 0.717) is 12.2 Å². The Balaban J connectivity index is 2.74. The van der Waals surface area contributed by atoms with Gasteiger partial charge in [0.05, 0.1) is 17.8 Å². The molecule has 0 unspecified atom stereocenters. The molecule has 0 fully saturated rings. The Bertz CT molecular complexity index is 649. The molecule has 0 bridgehead atoms. The molecule has 0 radical (unpaired) electrons. The normalized spacial score (nSPS) is 10.7. The maximum Gasteiger partial charge on any atom is 0.341 e. The minimum Gasteiger partial charge on any atom is -0.462 e. The standard InChI is InChI=1S/C17H22N2O2/c1-5-19(6-2)16-13-10-8-9-12(4)15(13)18-11-14(16)17(20)21-7-3/h8-11H,5-7H2,1-4H3. The van der Waals surface area contributed by atoms with Crippen molar-refractivity contribution >= 4 is 22.6 Å². The third-order valence-electron chi connectivity index (χ3n) is 3.65. The molecule has 0 saturated heterocycles. The van der Waals surface area contributed by atoms with Crippen LogP contribution in [0.15, 0.2) is 24.4 Å². The van der Waals surface area contributed by atoms with Gasteiger partial charge in [0, 0.05) is 24.7 Å². The van der Waals surface area contributed by atoms with Crippen LogP contribution in [0.3, 0.4) is 0 Å². The molecule has 0 spiro atoms. The van der Waals surface area contributed by atoms with Gasteiger partial charge in [-0.15, -0.1) is 0 Å². The molecule has 1 aromatic heterocycles. The number of nitrogens with zero attached hydrogens (tertiary/aromatic N) is 2. The first kappa shape index (κ1) is 15.3. The predicted molar refractivity (Wildman–Crippen MR) is 86.0 cm³/mol. The van der Waals surface area contributed by atoms with Gasteiger partial charge in [-0.2, -0.15) is 0 Å². The molecule has 1 aromatic carbocycles. The second kappa shape index (κ2) is 6.57. The molecule has 21 heavy (non-hydrogen) atoms. The number of ether oxygens (including phenoxy) is 1. The summed E-state index contributed by atoms with van der Waals surface area (Å²) in [5.74, 6) is -0.310. The van der Waals surface area contributed by atoms with Gasteiger partial charge in [-0.05, 0) is 33.3 Å². The van der Waals surface area contributed by atoms with Crippen molar-refractivity contribution in [2.45, 2.75) is 27.7 Å². The fourth-order valence-electron chi connectivity index (χ4n) is 2.60. The van der Waals surface area contributed by atoms with E-state index >= 15 is 0 Å². The number of para-hydroxylation sites is 1. The molecule has 0 aliphatic heterocycles. The zero-order chi connectivity index (χ0) is 15.4. The van der Waals surface area contributed by atoms with E-state index in [9.17, 15) is 4.79 Å². The Labute approximate surface area is 125 Å². The van der Waals surface area contributed by atoms with E-state index in [1.807, 2.05) is 32.0 Å². The van der Waals surface area contributed by atoms with Crippen LogP contribution < -0.4 is 4.90 Å². The minimum absolute atomic E-state index is 0.310. The molecule has 2 rings (SSSR count). The summed E-state index contributed by atoms with van der Waals surface area (Å²) < 4.78 is 5.18. The average molecular weight is 286 g/mol. The fraction of sp³-hybridized carbons (Fsp3) is 0.412. The summed E-state index contributed by atoms with van der Waals surface area (Å²) in [6.07, 6.45) is 1.64. The highest BCUT2D eigenvalue weighted by atomic mass is 16.5. The van der Waals surface area contributed by atoms with E-state index in [-0.39, 0.29) is 5.97 Å². The summed E-state index contributed by atoms with van der Waals surface area (Å²) in [5.41, 5.74) is 3.51. The summed E-state index contributed by atoms with van der Waals surface area (Å²) in [6.45, 7) is 10.0. The van der Waals surface area contributed by atoms with Gasteiger partial charge in [-0.1, -0.05) is 18.2 Å². The molecule has 2 aromatic rings. The summed E-state index contributed by atoms with van der Waals surface area (Å²) in [7, 11) is 0. The predicted octanol–water partition coefficient (Wildman–Crippen LogP) is 3.57. The number of carbonyl (C=O) groups is 1. The highest BCUT2D eigenvalue weighted by molar-refractivity contribution is 6.05. The Kier molecular flexibility index (Phi) is 4.78. The molecule has 0 aliphatic rings. The van der Waals surface area contributed by atoms with Crippen LogP contribution >= 0.6 is 0 Å². The van der Waals surface area contributed by atoms with Crippen molar-refractivity contribution in [1.29, 1.82) is 0 Å². The third kappa shape index (κ3) is 2.84. The van der Waals surface area contributed by atoms with Crippen LogP contribution in [-0.2, 0) is 4.74 Å². The van der Waals surface area contributed by atoms with Gasteiger partial charge in [0.1, 0.15) is 5.56 Å². The molecule has 112 valence electrons. The lowest BCUT2D eigenvalue weighted by molar-refractivity contribution is 0.0527. The van der Waals surface area contributed by atoms with E-state index in [4.69, 9.17) is 4.74 Å². The first-order valence-electron chi connectivity index (χ1n) is 7.44. The van der Waals surface area contributed by atoms with Crippen molar-refractivity contribution in [3.8, 4) is 0 Å². The SMILES string of the molecule is CCOC(=O)c1cnc2c(C)cccc2c1N(CC)CC. The molecule has 0 aliphatic carbocycles. The van der Waals surface area contributed by atoms with Gasteiger partial charge in [-0.25, -0.2) is 4.79 Å². The molecule has 0 saturated carbocycles. The van der Waals surface area contributed by atoms with Crippen LogP contribution in [-0.4, -0.2) is 30.6 Å². The number of benzene rings is 1. The molecule has 4 heteroatoms. The highest BCUT2D eigenvalue weighted by Crippen LogP contribution is 2.31. The third-order valence-corrected chi connectivity index (χ3v) is 3.65. The average Bonchev–Trinajstić information content (AvgIpc) is 2.49. The maximum absolute atomic E-state index is 12.2. The number of anilines is 1. The quantitative estimate of drug-likeness (QED) is 0.788. The zero-order valence-corrected chi connectivity index (χ0v) is 13.1. The maximum atomic E-state index is 12.2. The van der Waals surface area contributed by atoms with Gasteiger partial charge < -0.3 is 9.64 Å². The molecular formula is C17H22N2O2. The molecule has 0 amide bonds. The number of pyridine rings is 1. The summed E-state index contributed by atoms with van der Waals surface area (Å²) >= 11 is 0. The van der Waals surface area contributed by atoms with E-state index in [1.54, 1.807) is 6.20 Å². The van der Waals surface area contributed by atoms with Crippen molar-refractivity contribution in [2.75, 3.05) is 24.6 Å². The largest absolute Gasteiger partial charge is 0.462 e. The lowest BCUT2D eigenvalue weighted by atomic mass is 10.0. The van der Waals surface area contributed by atoms with Crippen molar-refractivity contribution in [3.05, 3.63) is 35.5 Å². The lowest BCUT2D eigenvalue weighted by Gasteiger charge is -2.25. The number of hydrogen-bond acceptors (Lipinski definition) is 4. The number of esters is 1. The zero-order valence-electron chi connectivity index (χ0n) is 13.1. The van der Waals surface area contributed by atoms with Crippen molar-refractivity contribution in [2.24, 2.45) is 0 Å². The first-order chi connectivity index (χ1) is 10.1. The number of aryl methyl sites for hydroxylation is 1. The van der Waals surface area contributed by atoms with Gasteiger partial charge in [-0.3, -0.25) is 4.98 Å². The Hall–Kier alpha value is -2.10. The lowest BCUT2D eigenvalue weighted by Crippen LogP contribution is -2.25. The second-order valence-electron chi connectivity index (χ2n) is 4.88. The van der Waals surface area contributed by atoms with E-state index in [1.165, 1.54) is 0 Å². The van der Waals surface area contributed by atoms with Gasteiger partial charge in [0.15, 0.2) is 0 Å². The Morgan fingerprint density at radius 1 is 1.24 bits per heavy atom. The van der Waals surface area contributed by atoms with Crippen LogP contribution in [0.1, 0.15) is 36.7 Å². The van der Waals surface area contributed by atoms with Gasteiger partial charge in [0.2, 0.25) is 0 Å². The van der Waals surface area contributed by atoms with E-state index in [0.717, 1.165) is 35.2 Å². The second-order valence-corrected chi connectivity index (χ2v) is 4.88. The number of rotatable bonds is 5. The van der Waals surface area contributed by atoms with E-state index < -0.39 is 0 Å². The van der Waals surface area contributed by atoms with Crippen molar-refractivity contribution < 1.29 is 9.53 Å². The van der Waals surface area contributed by atoms with Crippen LogP contribution in [0.5, 0.6) is 0 Å². The topological polar surface area (TPSA) is 42.4 Å². The van der Waals surface area contributed by atoms with Crippen LogP contribution in [0.25, 0.3) is 10.9 Å². The summed E-state index contributed by atoms with van der Waals surface area (Å²) in [6, 6.07) is 6.05. The van der Waals surface area contributed by atoms with Gasteiger partial charge in [0.25, 0.3) is 0 Å². The highest BCUT2D eigenvalue weighted by Gasteiger charge is 2.20. The molecule has 0 N–H and O–H groups in total. The number of fused-ring (bicyclic) bond motifs is 1. The van der Waals surface area contributed by atoms with E-state index in [2.05, 4.69) is 23.7 Å². The monoisotopic (exact) mass is 286 g/mol. The summed E-state index contributed by atoms with van der Waals surface area (Å²) in [4.78, 5) is 18.9. The minimum atomic E-state index is -0.310. The first-order valence-corrected chi connectivity index (χ1v) is 7.44. The van der Waals surface area contributed by atoms with Crippen molar-refractivity contribution in [3.63, 3.8) is 0 Å². The fourth-order valence-corrected chi connectivity index (χ4v) is 2.60. The number of aromatic nitrogens is 1. The van der Waals surface area contributed by atoms with Crippen molar-refractivity contribution in [1.82, 2.24) is 4.98 Å². The number of hydrogen-bond donors (Lipinski definition) is 0. The molecule has 0 atom stereocenters. The molecular weight excluding hydrogens is 264 g/mol. The van der Waals surface area contributed by atoms with Gasteiger partial charge >= 0.3 is 5.97 Å². The molecule has 4 nitrogen and oxygen atoms in total. The van der Waals surface area contributed by atoms with Crippen LogP contribution in [0.4, 0.5) is 5.69 Å². The van der Waals surface area contributed by atoms with Crippen LogP contribution in [0, 0.1) is 6.92 Å². The Morgan fingerprint density at radius 3 is 2.57 bits per heavy atom. The summed E-state index contributed by atoms with van der Waals surface area (Å²) in [5, 5.41) is 1.00. The molecule has 1 heterocycles. The van der Waals surface area contributed by atoms with Crippen LogP contribution in [0.2, 0.25) is 0 Å². The Morgan fingerprint density at radius 2 is 1.95 bits per heavy atom.